The molecular formula is C15H10BrN3O3S. The zero-order valence-electron chi connectivity index (χ0n) is 11.9. The fraction of sp³-hybridized carbons (Fsp3) is 0.0667. The highest BCUT2D eigenvalue weighted by molar-refractivity contribution is 9.10. The molecule has 0 unspecified atom stereocenters. The van der Waals surface area contributed by atoms with E-state index in [2.05, 4.69) is 31.0 Å². The first kappa shape index (κ1) is 16.9. The number of aromatic nitrogens is 1. The minimum absolute atomic E-state index is 0.127. The number of esters is 1. The fourth-order valence-electron chi connectivity index (χ4n) is 1.65. The van der Waals surface area contributed by atoms with E-state index in [1.807, 2.05) is 6.07 Å². The third-order valence-electron chi connectivity index (χ3n) is 2.68. The second-order valence-electron chi connectivity index (χ2n) is 4.16. The Kier molecular flexibility index (Phi) is 5.62. The molecule has 2 rings (SSSR count). The van der Waals surface area contributed by atoms with Crippen molar-refractivity contribution in [3.05, 3.63) is 50.4 Å². The van der Waals surface area contributed by atoms with Gasteiger partial charge in [0.2, 0.25) is 0 Å². The van der Waals surface area contributed by atoms with Crippen molar-refractivity contribution < 1.29 is 14.3 Å². The van der Waals surface area contributed by atoms with Crippen LogP contribution in [-0.2, 0) is 9.53 Å². The van der Waals surface area contributed by atoms with Crippen molar-refractivity contribution in [1.29, 1.82) is 5.26 Å². The molecule has 8 heteroatoms. The highest BCUT2D eigenvalue weighted by Gasteiger charge is 2.17. The Bertz CT molecular complexity index is 823. The number of thiophene rings is 1. The van der Waals surface area contributed by atoms with E-state index < -0.39 is 11.9 Å². The van der Waals surface area contributed by atoms with Gasteiger partial charge in [-0.25, -0.2) is 9.78 Å². The Balaban J connectivity index is 2.24. The lowest BCUT2D eigenvalue weighted by Crippen LogP contribution is -2.15. The van der Waals surface area contributed by atoms with Gasteiger partial charge in [0, 0.05) is 0 Å². The van der Waals surface area contributed by atoms with Gasteiger partial charge >= 0.3 is 5.97 Å². The van der Waals surface area contributed by atoms with Crippen LogP contribution in [0.15, 0.2) is 39.8 Å². The molecule has 116 valence electrons. The maximum atomic E-state index is 12.2. The molecule has 2 aromatic rings. The van der Waals surface area contributed by atoms with E-state index in [0.717, 1.165) is 11.3 Å². The summed E-state index contributed by atoms with van der Waals surface area (Å²) < 4.78 is 5.23. The molecule has 0 saturated carbocycles. The second kappa shape index (κ2) is 7.67. The fourth-order valence-corrected chi connectivity index (χ4v) is 2.77. The second-order valence-corrected chi connectivity index (χ2v) is 5.89. The normalized spacial score (nSPS) is 10.7. The molecule has 0 aliphatic heterocycles. The first-order chi connectivity index (χ1) is 11.0. The van der Waals surface area contributed by atoms with Crippen molar-refractivity contribution in [3.8, 4) is 6.07 Å². The number of methoxy groups -OCH3 is 1. The number of ether oxygens (including phenoxy) is 1. The summed E-state index contributed by atoms with van der Waals surface area (Å²) in [5.74, 6) is -1.18. The number of carbonyl (C=O) groups is 2. The molecule has 2 aromatic heterocycles. The lowest BCUT2D eigenvalue weighted by molar-refractivity contribution is -0.112. The molecule has 0 aliphatic carbocycles. The SMILES string of the molecule is COC(=O)c1sccc1NC(=O)/C(C#N)=C/c1cccc(Br)n1. The van der Waals surface area contributed by atoms with E-state index in [9.17, 15) is 14.9 Å². The molecule has 0 aromatic carbocycles. The average Bonchev–Trinajstić information content (AvgIpc) is 2.99. The minimum Gasteiger partial charge on any atom is -0.465 e. The number of nitrogens with one attached hydrogen (secondary N) is 1. The van der Waals surface area contributed by atoms with Gasteiger partial charge in [-0.15, -0.1) is 11.3 Å². The lowest BCUT2D eigenvalue weighted by Gasteiger charge is -2.04. The Hall–Kier alpha value is -2.50. The first-order valence-corrected chi connectivity index (χ1v) is 7.94. The van der Waals surface area contributed by atoms with Crippen molar-refractivity contribution in [2.45, 2.75) is 0 Å². The maximum absolute atomic E-state index is 12.2. The number of nitrogens with zero attached hydrogens (tertiary/aromatic N) is 2. The molecule has 0 radical (unpaired) electrons. The Morgan fingerprint density at radius 1 is 1.43 bits per heavy atom. The van der Waals surface area contributed by atoms with Crippen LogP contribution in [0.5, 0.6) is 0 Å². The van der Waals surface area contributed by atoms with E-state index >= 15 is 0 Å². The van der Waals surface area contributed by atoms with Crippen LogP contribution in [0.4, 0.5) is 5.69 Å². The zero-order valence-corrected chi connectivity index (χ0v) is 14.3. The van der Waals surface area contributed by atoms with E-state index in [4.69, 9.17) is 0 Å². The maximum Gasteiger partial charge on any atom is 0.350 e. The standard InChI is InChI=1S/C15H10BrN3O3S/c1-22-15(21)13-11(5-6-23-13)19-14(20)9(8-17)7-10-3-2-4-12(16)18-10/h2-7H,1H3,(H,19,20)/b9-7+. The number of halogens is 1. The number of amides is 1. The number of carbonyl (C=O) groups excluding carboxylic acids is 2. The van der Waals surface area contributed by atoms with Crippen LogP contribution in [0.1, 0.15) is 15.4 Å². The Morgan fingerprint density at radius 2 is 2.22 bits per heavy atom. The van der Waals surface area contributed by atoms with Crippen molar-refractivity contribution in [1.82, 2.24) is 4.98 Å². The summed E-state index contributed by atoms with van der Waals surface area (Å²) in [6.45, 7) is 0. The first-order valence-electron chi connectivity index (χ1n) is 6.26. The van der Waals surface area contributed by atoms with Crippen LogP contribution in [0, 0.1) is 11.3 Å². The summed E-state index contributed by atoms with van der Waals surface area (Å²) in [5, 5.41) is 13.4. The van der Waals surface area contributed by atoms with Crippen molar-refractivity contribution in [2.75, 3.05) is 12.4 Å². The molecule has 2 heterocycles. The summed E-state index contributed by atoms with van der Waals surface area (Å²) in [6.07, 6.45) is 1.37. The molecule has 0 saturated heterocycles. The predicted molar refractivity (Wildman–Crippen MR) is 89.8 cm³/mol. The molecule has 6 nitrogen and oxygen atoms in total. The number of hydrogen-bond acceptors (Lipinski definition) is 6. The number of nitriles is 1. The average molecular weight is 392 g/mol. The summed E-state index contributed by atoms with van der Waals surface area (Å²) in [4.78, 5) is 28.2. The van der Waals surface area contributed by atoms with Gasteiger partial charge in [-0.05, 0) is 45.6 Å². The van der Waals surface area contributed by atoms with E-state index in [-0.39, 0.29) is 10.5 Å². The van der Waals surface area contributed by atoms with Gasteiger partial charge in [0.15, 0.2) is 0 Å². The van der Waals surface area contributed by atoms with E-state index in [1.54, 1.807) is 29.6 Å². The van der Waals surface area contributed by atoms with Crippen molar-refractivity contribution in [2.24, 2.45) is 0 Å². The largest absolute Gasteiger partial charge is 0.465 e. The van der Waals surface area contributed by atoms with E-state index in [0.29, 0.717) is 16.0 Å². The molecule has 0 fully saturated rings. The Morgan fingerprint density at radius 3 is 2.87 bits per heavy atom. The third kappa shape index (κ3) is 4.25. The molecular weight excluding hydrogens is 382 g/mol. The summed E-state index contributed by atoms with van der Waals surface area (Å²) in [7, 11) is 1.26. The van der Waals surface area contributed by atoms with Crippen LogP contribution >= 0.6 is 27.3 Å². The zero-order chi connectivity index (χ0) is 16.8. The van der Waals surface area contributed by atoms with Crippen LogP contribution in [-0.4, -0.2) is 24.0 Å². The van der Waals surface area contributed by atoms with Crippen LogP contribution < -0.4 is 5.32 Å². The highest BCUT2D eigenvalue weighted by atomic mass is 79.9. The monoisotopic (exact) mass is 391 g/mol. The number of rotatable bonds is 4. The molecule has 0 bridgehead atoms. The number of anilines is 1. The molecule has 0 atom stereocenters. The van der Waals surface area contributed by atoms with Crippen molar-refractivity contribution >= 4 is 50.9 Å². The van der Waals surface area contributed by atoms with Gasteiger partial charge in [-0.1, -0.05) is 6.07 Å². The van der Waals surface area contributed by atoms with Gasteiger partial charge in [-0.2, -0.15) is 5.26 Å². The molecule has 0 aliphatic rings. The highest BCUT2D eigenvalue weighted by Crippen LogP contribution is 2.23. The van der Waals surface area contributed by atoms with Crippen LogP contribution in [0.2, 0.25) is 0 Å². The predicted octanol–water partition coefficient (Wildman–Crippen LogP) is 3.24. The smallest absolute Gasteiger partial charge is 0.350 e. The topological polar surface area (TPSA) is 92.1 Å². The quantitative estimate of drug-likeness (QED) is 0.373. The molecule has 0 spiro atoms. The molecule has 1 N–H and O–H groups in total. The van der Waals surface area contributed by atoms with Gasteiger partial charge in [0.05, 0.1) is 18.5 Å². The molecule has 1 amide bonds. The van der Waals surface area contributed by atoms with Gasteiger partial charge in [0.1, 0.15) is 21.1 Å². The minimum atomic E-state index is -0.627. The summed E-state index contributed by atoms with van der Waals surface area (Å²) >= 11 is 4.36. The number of pyridine rings is 1. The third-order valence-corrected chi connectivity index (χ3v) is 4.01. The van der Waals surface area contributed by atoms with Gasteiger partial charge in [0.25, 0.3) is 5.91 Å². The summed E-state index contributed by atoms with van der Waals surface area (Å²) in [5.41, 5.74) is 0.636. The van der Waals surface area contributed by atoms with Crippen LogP contribution in [0.3, 0.4) is 0 Å². The van der Waals surface area contributed by atoms with Crippen LogP contribution in [0.25, 0.3) is 6.08 Å². The summed E-state index contributed by atoms with van der Waals surface area (Å²) in [6, 6.07) is 8.54. The van der Waals surface area contributed by atoms with Gasteiger partial charge < -0.3 is 10.1 Å². The number of hydrogen-bond donors (Lipinski definition) is 1. The lowest BCUT2D eigenvalue weighted by atomic mass is 10.2. The van der Waals surface area contributed by atoms with Gasteiger partial charge in [-0.3, -0.25) is 4.79 Å². The Labute approximate surface area is 144 Å². The van der Waals surface area contributed by atoms with E-state index in [1.165, 1.54) is 13.2 Å². The molecule has 23 heavy (non-hydrogen) atoms. The van der Waals surface area contributed by atoms with Crippen molar-refractivity contribution in [3.63, 3.8) is 0 Å².